The monoisotopic (exact) mass is 252 g/mol. The van der Waals surface area contributed by atoms with E-state index in [2.05, 4.69) is 5.10 Å². The van der Waals surface area contributed by atoms with Gasteiger partial charge in [0.05, 0.1) is 0 Å². The van der Waals surface area contributed by atoms with Crippen LogP contribution in [0.15, 0.2) is 12.3 Å². The summed E-state index contributed by atoms with van der Waals surface area (Å²) < 4.78 is 12.1. The molecule has 1 aliphatic rings. The standard InChI is InChI=1S/C13H20N2O3/c1-13(2,3)18-12(16)15-9-8-11(14-15)17-10-6-4-5-7-10/h8-10H,4-7H2,1-3H3. The maximum Gasteiger partial charge on any atom is 0.435 e. The number of aromatic nitrogens is 2. The third-order valence-electron chi connectivity index (χ3n) is 2.73. The van der Waals surface area contributed by atoms with E-state index in [1.54, 1.807) is 12.3 Å². The Bertz CT molecular complexity index is 414. The minimum atomic E-state index is -0.518. The third kappa shape index (κ3) is 3.48. The number of hydrogen-bond donors (Lipinski definition) is 0. The van der Waals surface area contributed by atoms with E-state index in [-0.39, 0.29) is 6.10 Å². The van der Waals surface area contributed by atoms with E-state index < -0.39 is 11.7 Å². The molecule has 1 aromatic rings. The van der Waals surface area contributed by atoms with Crippen LogP contribution < -0.4 is 4.74 Å². The van der Waals surface area contributed by atoms with Gasteiger partial charge in [-0.05, 0) is 46.5 Å². The molecule has 0 radical (unpaired) electrons. The highest BCUT2D eigenvalue weighted by Gasteiger charge is 2.20. The van der Waals surface area contributed by atoms with Gasteiger partial charge < -0.3 is 9.47 Å². The summed E-state index contributed by atoms with van der Waals surface area (Å²) in [5.74, 6) is 0.493. The summed E-state index contributed by atoms with van der Waals surface area (Å²) in [6.45, 7) is 5.47. The normalized spacial score (nSPS) is 16.8. The molecule has 5 nitrogen and oxygen atoms in total. The molecule has 0 amide bonds. The van der Waals surface area contributed by atoms with Gasteiger partial charge in [0, 0.05) is 12.3 Å². The number of hydrogen-bond acceptors (Lipinski definition) is 4. The van der Waals surface area contributed by atoms with Crippen molar-refractivity contribution in [3.8, 4) is 5.88 Å². The summed E-state index contributed by atoms with van der Waals surface area (Å²) in [6, 6.07) is 1.70. The molecule has 0 aliphatic heterocycles. The van der Waals surface area contributed by atoms with Crippen LogP contribution in [0, 0.1) is 0 Å². The van der Waals surface area contributed by atoms with Gasteiger partial charge in [0.2, 0.25) is 5.88 Å². The topological polar surface area (TPSA) is 53.4 Å². The molecular formula is C13H20N2O3. The zero-order chi connectivity index (χ0) is 13.2. The molecule has 1 heterocycles. The first-order chi connectivity index (χ1) is 8.44. The third-order valence-corrected chi connectivity index (χ3v) is 2.73. The van der Waals surface area contributed by atoms with Gasteiger partial charge in [-0.15, -0.1) is 5.10 Å². The summed E-state index contributed by atoms with van der Waals surface area (Å²) in [6.07, 6.45) is 5.88. The fourth-order valence-electron chi connectivity index (χ4n) is 1.96. The lowest BCUT2D eigenvalue weighted by Gasteiger charge is -2.18. The van der Waals surface area contributed by atoms with Crippen molar-refractivity contribution >= 4 is 6.09 Å². The Hall–Kier alpha value is -1.52. The summed E-state index contributed by atoms with van der Waals surface area (Å²) in [7, 11) is 0. The van der Waals surface area contributed by atoms with E-state index in [0.717, 1.165) is 12.8 Å². The molecule has 1 fully saturated rings. The minimum absolute atomic E-state index is 0.243. The van der Waals surface area contributed by atoms with Gasteiger partial charge in [-0.1, -0.05) is 0 Å². The van der Waals surface area contributed by atoms with Crippen molar-refractivity contribution < 1.29 is 14.3 Å². The first-order valence-electron chi connectivity index (χ1n) is 6.40. The zero-order valence-electron chi connectivity index (χ0n) is 11.2. The number of carbonyl (C=O) groups is 1. The minimum Gasteiger partial charge on any atom is -0.473 e. The Morgan fingerprint density at radius 3 is 2.67 bits per heavy atom. The van der Waals surface area contributed by atoms with Crippen molar-refractivity contribution in [2.45, 2.75) is 58.2 Å². The molecule has 1 aliphatic carbocycles. The highest BCUT2D eigenvalue weighted by atomic mass is 16.6. The summed E-state index contributed by atoms with van der Waals surface area (Å²) in [4.78, 5) is 11.7. The van der Waals surface area contributed by atoms with Gasteiger partial charge in [0.25, 0.3) is 0 Å². The van der Waals surface area contributed by atoms with Crippen molar-refractivity contribution in [3.63, 3.8) is 0 Å². The highest BCUT2D eigenvalue weighted by molar-refractivity contribution is 5.69. The SMILES string of the molecule is CC(C)(C)OC(=O)n1ccc(OC2CCCC2)n1. The Morgan fingerprint density at radius 1 is 1.39 bits per heavy atom. The van der Waals surface area contributed by atoms with Crippen LogP contribution in [-0.4, -0.2) is 27.6 Å². The fraction of sp³-hybridized carbons (Fsp3) is 0.692. The average molecular weight is 252 g/mol. The molecule has 2 rings (SSSR count). The molecule has 0 saturated heterocycles. The zero-order valence-corrected chi connectivity index (χ0v) is 11.2. The Morgan fingerprint density at radius 2 is 2.06 bits per heavy atom. The molecule has 5 heteroatoms. The molecule has 18 heavy (non-hydrogen) atoms. The molecular weight excluding hydrogens is 232 g/mol. The Labute approximate surface area is 107 Å². The lowest BCUT2D eigenvalue weighted by molar-refractivity contribution is 0.0510. The molecule has 0 spiro atoms. The average Bonchev–Trinajstić information content (AvgIpc) is 2.86. The van der Waals surface area contributed by atoms with Crippen LogP contribution in [0.3, 0.4) is 0 Å². The van der Waals surface area contributed by atoms with E-state index in [4.69, 9.17) is 9.47 Å². The Kier molecular flexibility index (Phi) is 3.59. The van der Waals surface area contributed by atoms with Crippen LogP contribution in [0.5, 0.6) is 5.88 Å². The van der Waals surface area contributed by atoms with Gasteiger partial charge in [-0.2, -0.15) is 4.68 Å². The van der Waals surface area contributed by atoms with Gasteiger partial charge in [-0.3, -0.25) is 0 Å². The van der Waals surface area contributed by atoms with Gasteiger partial charge in [0.1, 0.15) is 11.7 Å². The molecule has 100 valence electrons. The maximum atomic E-state index is 11.7. The van der Waals surface area contributed by atoms with Crippen LogP contribution in [0.1, 0.15) is 46.5 Å². The van der Waals surface area contributed by atoms with Crippen LogP contribution in [0.25, 0.3) is 0 Å². The van der Waals surface area contributed by atoms with E-state index >= 15 is 0 Å². The van der Waals surface area contributed by atoms with Crippen LogP contribution >= 0.6 is 0 Å². The predicted octanol–water partition coefficient (Wildman–Crippen LogP) is 2.99. The first-order valence-corrected chi connectivity index (χ1v) is 6.40. The van der Waals surface area contributed by atoms with E-state index in [0.29, 0.717) is 5.88 Å². The summed E-state index contributed by atoms with van der Waals surface area (Å²) in [5.41, 5.74) is -0.518. The maximum absolute atomic E-state index is 11.7. The second kappa shape index (κ2) is 5.00. The largest absolute Gasteiger partial charge is 0.473 e. The smallest absolute Gasteiger partial charge is 0.435 e. The van der Waals surface area contributed by atoms with Crippen molar-refractivity contribution in [2.24, 2.45) is 0 Å². The van der Waals surface area contributed by atoms with Gasteiger partial charge >= 0.3 is 6.09 Å². The predicted molar refractivity (Wildman–Crippen MR) is 66.7 cm³/mol. The van der Waals surface area contributed by atoms with Crippen molar-refractivity contribution in [3.05, 3.63) is 12.3 Å². The second-order valence-electron chi connectivity index (χ2n) is 5.60. The summed E-state index contributed by atoms with van der Waals surface area (Å²) >= 11 is 0. The van der Waals surface area contributed by atoms with Crippen LogP contribution in [0.4, 0.5) is 4.79 Å². The van der Waals surface area contributed by atoms with Gasteiger partial charge in [-0.25, -0.2) is 4.79 Å². The molecule has 0 aromatic carbocycles. The number of carbonyl (C=O) groups excluding carboxylic acids is 1. The van der Waals surface area contributed by atoms with Crippen molar-refractivity contribution in [1.29, 1.82) is 0 Å². The van der Waals surface area contributed by atoms with E-state index in [1.807, 2.05) is 20.8 Å². The number of rotatable bonds is 2. The Balaban J connectivity index is 1.94. The molecule has 1 saturated carbocycles. The number of nitrogens with zero attached hydrogens (tertiary/aromatic N) is 2. The second-order valence-corrected chi connectivity index (χ2v) is 5.60. The molecule has 0 N–H and O–H groups in total. The number of ether oxygens (including phenoxy) is 2. The van der Waals surface area contributed by atoms with Crippen LogP contribution in [-0.2, 0) is 4.74 Å². The highest BCUT2D eigenvalue weighted by Crippen LogP contribution is 2.23. The van der Waals surface area contributed by atoms with Crippen molar-refractivity contribution in [1.82, 2.24) is 9.78 Å². The lowest BCUT2D eigenvalue weighted by atomic mass is 10.2. The van der Waals surface area contributed by atoms with E-state index in [1.165, 1.54) is 17.5 Å². The molecule has 0 bridgehead atoms. The molecule has 0 atom stereocenters. The quantitative estimate of drug-likeness (QED) is 0.812. The van der Waals surface area contributed by atoms with Crippen LogP contribution in [0.2, 0.25) is 0 Å². The fourth-order valence-corrected chi connectivity index (χ4v) is 1.96. The summed E-state index contributed by atoms with van der Waals surface area (Å²) in [5, 5.41) is 4.08. The van der Waals surface area contributed by atoms with Crippen molar-refractivity contribution in [2.75, 3.05) is 0 Å². The van der Waals surface area contributed by atoms with Gasteiger partial charge in [0.15, 0.2) is 0 Å². The first kappa shape index (κ1) is 12.9. The molecule has 1 aromatic heterocycles. The van der Waals surface area contributed by atoms with E-state index in [9.17, 15) is 4.79 Å². The molecule has 0 unspecified atom stereocenters. The lowest BCUT2D eigenvalue weighted by Crippen LogP contribution is -2.27.